The monoisotopic (exact) mass is 1050 g/mol. The predicted octanol–water partition coefficient (Wildman–Crippen LogP) is 7.89. The van der Waals surface area contributed by atoms with Gasteiger partial charge in [0.05, 0.1) is 18.8 Å². The number of carbonyl (C=O) groups is 2. The van der Waals surface area contributed by atoms with Crippen LogP contribution in [0.2, 0.25) is 0 Å². The van der Waals surface area contributed by atoms with E-state index in [2.05, 4.69) is 73.1 Å². The quantitative estimate of drug-likeness (QED) is 0.00926. The molecular formula is C51H84O18P2. The molecule has 0 aliphatic heterocycles. The van der Waals surface area contributed by atoms with E-state index in [1.165, 1.54) is 31.8 Å². The number of carbonyl (C=O) groups excluding carboxylic acids is 2. The average Bonchev–Trinajstić information content (AvgIpc) is 3.32. The molecule has 0 amide bonds. The Kier molecular flexibility index (Phi) is 37.3. The van der Waals surface area contributed by atoms with Crippen molar-refractivity contribution in [1.82, 2.24) is 0 Å². The topological polar surface area (TPSA) is 296 Å². The fourth-order valence-corrected chi connectivity index (χ4v) is 8.39. The van der Waals surface area contributed by atoms with Gasteiger partial charge in [-0.1, -0.05) is 143 Å². The van der Waals surface area contributed by atoms with Gasteiger partial charge in [-0.25, -0.2) is 9.13 Å². The first kappa shape index (κ1) is 65.9. The Hall–Kier alpha value is -3.16. The van der Waals surface area contributed by atoms with Gasteiger partial charge in [0.1, 0.15) is 43.2 Å². The largest absolute Gasteiger partial charge is 0.472 e. The van der Waals surface area contributed by atoms with Crippen LogP contribution in [-0.2, 0) is 41.8 Å². The summed E-state index contributed by atoms with van der Waals surface area (Å²) in [7, 11) is -10.8. The molecule has 1 saturated carbocycles. The first-order chi connectivity index (χ1) is 33.9. The van der Waals surface area contributed by atoms with Crippen LogP contribution >= 0.6 is 15.6 Å². The Morgan fingerprint density at radius 2 is 1.03 bits per heavy atom. The minimum atomic E-state index is -5.40. The molecule has 0 aromatic rings. The number of phosphoric acid groups is 2. The van der Waals surface area contributed by atoms with E-state index in [1.54, 1.807) is 30.4 Å². The molecule has 10 atom stereocenters. The molecule has 0 radical (unpaired) electrons. The lowest BCUT2D eigenvalue weighted by Gasteiger charge is -2.43. The number of aliphatic hydroxyl groups excluding tert-OH is 6. The van der Waals surface area contributed by atoms with E-state index in [0.717, 1.165) is 64.2 Å². The van der Waals surface area contributed by atoms with E-state index >= 15 is 0 Å². The maximum Gasteiger partial charge on any atom is 0.472 e. The van der Waals surface area contributed by atoms with Crippen molar-refractivity contribution >= 4 is 27.6 Å². The van der Waals surface area contributed by atoms with Crippen molar-refractivity contribution in [2.45, 2.75) is 197 Å². The third-order valence-corrected chi connectivity index (χ3v) is 12.3. The van der Waals surface area contributed by atoms with Crippen LogP contribution in [0.3, 0.4) is 0 Å². The first-order valence-electron chi connectivity index (χ1n) is 25.0. The lowest BCUT2D eigenvalue weighted by molar-refractivity contribution is -0.216. The van der Waals surface area contributed by atoms with Crippen molar-refractivity contribution in [3.63, 3.8) is 0 Å². The van der Waals surface area contributed by atoms with Crippen molar-refractivity contribution in [2.24, 2.45) is 0 Å². The van der Waals surface area contributed by atoms with Gasteiger partial charge < -0.3 is 54.8 Å². The van der Waals surface area contributed by atoms with Gasteiger partial charge in [0, 0.05) is 12.8 Å². The maximum atomic E-state index is 13.0. The van der Waals surface area contributed by atoms with Gasteiger partial charge in [0.2, 0.25) is 0 Å². The predicted molar refractivity (Wildman–Crippen MR) is 271 cm³/mol. The minimum absolute atomic E-state index is 0.0247. The second-order valence-corrected chi connectivity index (χ2v) is 19.8. The SMILES string of the molecule is CCCCC/C=C\C/C=C\C/C=C\C/C=C\CCCCCC(=O)OC[C@H](COP(=O)(O)O[C@H]1C(O)C(O)C(O)[C@@H](OP(=O)(O)O)C1O)OC(=O)CCC[C@@H](O)\C=C/C=C/C=C/[C@@H](O)C/C=C\CCCCC. The Balaban J connectivity index is 2.71. The first-order valence-corrected chi connectivity index (χ1v) is 28.0. The molecule has 20 heteroatoms. The van der Waals surface area contributed by atoms with E-state index < -0.39 is 95.7 Å². The lowest BCUT2D eigenvalue weighted by atomic mass is 9.85. The molecule has 0 aromatic heterocycles. The molecule has 1 aliphatic carbocycles. The van der Waals surface area contributed by atoms with Crippen LogP contribution in [0, 0.1) is 0 Å². The van der Waals surface area contributed by atoms with E-state index in [1.807, 2.05) is 6.08 Å². The van der Waals surface area contributed by atoms with Crippen LogP contribution in [0.1, 0.15) is 142 Å². The van der Waals surface area contributed by atoms with Crippen LogP contribution in [0.5, 0.6) is 0 Å². The highest BCUT2D eigenvalue weighted by Gasteiger charge is 2.54. The summed E-state index contributed by atoms with van der Waals surface area (Å²) in [6.07, 6.45) is 29.6. The summed E-state index contributed by atoms with van der Waals surface area (Å²) in [6.45, 7) is 2.78. The van der Waals surface area contributed by atoms with Crippen LogP contribution in [0.4, 0.5) is 0 Å². The summed E-state index contributed by atoms with van der Waals surface area (Å²) in [5.41, 5.74) is 0. The Bertz CT molecular complexity index is 1770. The summed E-state index contributed by atoms with van der Waals surface area (Å²) < 4.78 is 49.2. The number of hydrogen-bond donors (Lipinski definition) is 9. The van der Waals surface area contributed by atoms with E-state index in [9.17, 15) is 64.0 Å². The van der Waals surface area contributed by atoms with Gasteiger partial charge in [-0.15, -0.1) is 0 Å². The van der Waals surface area contributed by atoms with Gasteiger partial charge in [0.25, 0.3) is 0 Å². The van der Waals surface area contributed by atoms with Gasteiger partial charge in [0.15, 0.2) is 6.10 Å². The van der Waals surface area contributed by atoms with Crippen molar-refractivity contribution in [3.8, 4) is 0 Å². The summed E-state index contributed by atoms with van der Waals surface area (Å²) in [6, 6.07) is 0. The molecular weight excluding hydrogens is 962 g/mol. The van der Waals surface area contributed by atoms with Gasteiger partial charge in [-0.05, 0) is 83.5 Å². The van der Waals surface area contributed by atoms with E-state index in [-0.39, 0.29) is 25.7 Å². The molecule has 0 aromatic carbocycles. The number of ether oxygens (including phenoxy) is 2. The molecule has 0 heterocycles. The molecule has 1 rings (SSSR count). The Morgan fingerprint density at radius 1 is 0.535 bits per heavy atom. The van der Waals surface area contributed by atoms with Crippen molar-refractivity contribution in [3.05, 3.63) is 97.2 Å². The molecule has 0 bridgehead atoms. The molecule has 406 valence electrons. The number of allylic oxidation sites excluding steroid dienone is 13. The lowest BCUT2D eigenvalue weighted by Crippen LogP contribution is -2.64. The highest BCUT2D eigenvalue weighted by atomic mass is 31.2. The second kappa shape index (κ2) is 40.3. The molecule has 5 unspecified atom stereocenters. The number of aliphatic hydroxyl groups is 6. The molecule has 71 heavy (non-hydrogen) atoms. The minimum Gasteiger partial charge on any atom is -0.462 e. The highest BCUT2D eigenvalue weighted by Crippen LogP contribution is 2.49. The molecule has 9 N–H and O–H groups in total. The zero-order valence-corrected chi connectivity index (χ0v) is 43.4. The molecule has 1 aliphatic rings. The number of unbranched alkanes of at least 4 members (excludes halogenated alkanes) is 9. The van der Waals surface area contributed by atoms with E-state index in [4.69, 9.17) is 18.5 Å². The molecule has 0 spiro atoms. The molecule has 1 fully saturated rings. The highest BCUT2D eigenvalue weighted by molar-refractivity contribution is 7.47. The Labute approximate surface area is 421 Å². The summed E-state index contributed by atoms with van der Waals surface area (Å²) in [5.74, 6) is -1.49. The van der Waals surface area contributed by atoms with Gasteiger partial charge in [-0.3, -0.25) is 23.2 Å². The van der Waals surface area contributed by atoms with Crippen LogP contribution in [-0.4, -0.2) is 125 Å². The number of phosphoric ester groups is 2. The van der Waals surface area contributed by atoms with Crippen LogP contribution in [0.15, 0.2) is 97.2 Å². The third kappa shape index (κ3) is 34.8. The second-order valence-electron chi connectivity index (χ2n) is 17.2. The van der Waals surface area contributed by atoms with Gasteiger partial charge >= 0.3 is 27.6 Å². The molecule has 0 saturated heterocycles. The zero-order chi connectivity index (χ0) is 52.8. The number of hydrogen-bond acceptors (Lipinski definition) is 15. The van der Waals surface area contributed by atoms with Crippen LogP contribution < -0.4 is 0 Å². The fraction of sp³-hybridized carbons (Fsp3) is 0.647. The standard InChI is InChI=1S/C51H84O18P2/c1-3-5-7-9-11-12-13-14-15-16-17-18-19-20-21-22-23-25-31-37-44(54)65-39-43(40-66-71(63,64)69-51-48(58)46(56)47(57)50(49(51)59)68-70(60,61)62)67-45(55)38-32-36-42(53)35-30-27-26-29-34-41(52)33-28-24-10-8-6-4-2/h11-12,14-15,17-18,20-21,24,26-30,34-35,41-43,46-53,56-59H,3-10,13,16,19,22-23,25,31-33,36-40H2,1-2H3,(H,63,64)(H2,60,61,62)/b12-11-,15-14-,18-17-,21-20-,27-26+,28-24-,34-29+,35-30-/t41-,42-,43+,46?,47?,48?,49?,50+,51-/m0/s1. The van der Waals surface area contributed by atoms with Crippen molar-refractivity contribution < 1.29 is 87.1 Å². The summed E-state index contributed by atoms with van der Waals surface area (Å²) in [5, 5.41) is 61.7. The smallest absolute Gasteiger partial charge is 0.462 e. The fourth-order valence-electron chi connectivity index (χ4n) is 6.85. The van der Waals surface area contributed by atoms with Crippen molar-refractivity contribution in [1.29, 1.82) is 0 Å². The Morgan fingerprint density at radius 3 is 1.58 bits per heavy atom. The maximum absolute atomic E-state index is 13.0. The number of esters is 2. The third-order valence-electron chi connectivity index (χ3n) is 10.8. The van der Waals surface area contributed by atoms with Crippen LogP contribution in [0.25, 0.3) is 0 Å². The summed E-state index contributed by atoms with van der Waals surface area (Å²) >= 11 is 0. The molecule has 18 nitrogen and oxygen atoms in total. The number of rotatable bonds is 40. The van der Waals surface area contributed by atoms with Crippen molar-refractivity contribution in [2.75, 3.05) is 13.2 Å². The normalized spacial score (nSPS) is 22.6. The average molecular weight is 1050 g/mol. The van der Waals surface area contributed by atoms with E-state index in [0.29, 0.717) is 12.8 Å². The summed E-state index contributed by atoms with van der Waals surface area (Å²) in [4.78, 5) is 54.4. The van der Waals surface area contributed by atoms with Gasteiger partial charge in [-0.2, -0.15) is 0 Å². The zero-order valence-electron chi connectivity index (χ0n) is 41.6.